The molecule has 49 valence electrons. The molecule has 0 atom stereocenters. The van der Waals surface area contributed by atoms with Crippen LogP contribution >= 0.6 is 0 Å². The molecule has 0 N–H and O–H groups in total. The predicted octanol–water partition coefficient (Wildman–Crippen LogP) is 1.94. The summed E-state index contributed by atoms with van der Waals surface area (Å²) in [4.78, 5) is 0. The summed E-state index contributed by atoms with van der Waals surface area (Å²) in [5.74, 6) is 0. The van der Waals surface area contributed by atoms with Gasteiger partial charge < -0.3 is 4.52 Å². The number of rotatable bonds is 0. The zero-order valence-electron chi connectivity index (χ0n) is 5.59. The molecular weight excluding hydrogens is 126 g/mol. The van der Waals surface area contributed by atoms with Gasteiger partial charge in [0.15, 0.2) is 5.58 Å². The molecule has 0 aliphatic heterocycles. The van der Waals surface area contributed by atoms with E-state index in [1.165, 1.54) is 5.56 Å². The van der Waals surface area contributed by atoms with E-state index in [-0.39, 0.29) is 0 Å². The minimum atomic E-state index is 0.806. The Labute approximate surface area is 58.4 Å². The minimum absolute atomic E-state index is 0.806. The Morgan fingerprint density at radius 2 is 2.40 bits per heavy atom. The normalized spacial score (nSPS) is 10.5. The SMILES string of the molecule is Cc1ccc2[c]noc2c1. The van der Waals surface area contributed by atoms with Crippen LogP contribution < -0.4 is 0 Å². The van der Waals surface area contributed by atoms with E-state index in [4.69, 9.17) is 4.52 Å². The first kappa shape index (κ1) is 5.47. The van der Waals surface area contributed by atoms with Gasteiger partial charge in [-0.15, -0.1) is 0 Å². The summed E-state index contributed by atoms with van der Waals surface area (Å²) in [5.41, 5.74) is 1.98. The fourth-order valence-corrected chi connectivity index (χ4v) is 0.919. The third kappa shape index (κ3) is 0.692. The molecule has 0 amide bonds. The van der Waals surface area contributed by atoms with Gasteiger partial charge in [0.2, 0.25) is 0 Å². The second-order valence-corrected chi connectivity index (χ2v) is 2.29. The molecule has 1 radical (unpaired) electrons. The van der Waals surface area contributed by atoms with Crippen LogP contribution in [0.3, 0.4) is 0 Å². The molecule has 2 aromatic rings. The highest BCUT2D eigenvalue weighted by Gasteiger charge is 1.96. The van der Waals surface area contributed by atoms with Crippen LogP contribution in [0.5, 0.6) is 0 Å². The lowest BCUT2D eigenvalue weighted by molar-refractivity contribution is 0.454. The number of hydrogen-bond donors (Lipinski definition) is 0. The van der Waals surface area contributed by atoms with Crippen molar-refractivity contribution < 1.29 is 4.52 Å². The second kappa shape index (κ2) is 1.84. The van der Waals surface area contributed by atoms with Crippen molar-refractivity contribution in [1.29, 1.82) is 0 Å². The van der Waals surface area contributed by atoms with Crippen molar-refractivity contribution in [3.8, 4) is 0 Å². The van der Waals surface area contributed by atoms with E-state index in [0.717, 1.165) is 11.0 Å². The van der Waals surface area contributed by atoms with Crippen LogP contribution in [0.4, 0.5) is 0 Å². The number of aromatic nitrogens is 1. The van der Waals surface area contributed by atoms with Crippen molar-refractivity contribution >= 4 is 11.0 Å². The number of aryl methyl sites for hydroxylation is 1. The Balaban J connectivity index is 2.86. The smallest absolute Gasteiger partial charge is 0.167 e. The average molecular weight is 132 g/mol. The molecule has 0 fully saturated rings. The van der Waals surface area contributed by atoms with E-state index in [1.807, 2.05) is 25.1 Å². The van der Waals surface area contributed by atoms with Gasteiger partial charge in [0.1, 0.15) is 6.20 Å². The third-order valence-corrected chi connectivity index (χ3v) is 1.45. The zero-order chi connectivity index (χ0) is 6.97. The summed E-state index contributed by atoms with van der Waals surface area (Å²) in [6, 6.07) is 5.90. The fourth-order valence-electron chi connectivity index (χ4n) is 0.919. The van der Waals surface area contributed by atoms with Gasteiger partial charge in [-0.05, 0) is 24.6 Å². The fraction of sp³-hybridized carbons (Fsp3) is 0.125. The van der Waals surface area contributed by atoms with Gasteiger partial charge >= 0.3 is 0 Å². The van der Waals surface area contributed by atoms with Crippen LogP contribution in [0.15, 0.2) is 22.7 Å². The maximum Gasteiger partial charge on any atom is 0.167 e. The number of fused-ring (bicyclic) bond motifs is 1. The molecular formula is C8H6NO. The van der Waals surface area contributed by atoms with E-state index in [9.17, 15) is 0 Å². The van der Waals surface area contributed by atoms with Gasteiger partial charge in [0.05, 0.1) is 5.39 Å². The molecule has 0 bridgehead atoms. The second-order valence-electron chi connectivity index (χ2n) is 2.29. The van der Waals surface area contributed by atoms with Crippen molar-refractivity contribution in [3.05, 3.63) is 30.0 Å². The lowest BCUT2D eigenvalue weighted by atomic mass is 10.2. The van der Waals surface area contributed by atoms with Crippen LogP contribution in [0.2, 0.25) is 0 Å². The highest BCUT2D eigenvalue weighted by atomic mass is 16.5. The van der Waals surface area contributed by atoms with Gasteiger partial charge in [-0.1, -0.05) is 11.2 Å². The summed E-state index contributed by atoms with van der Waals surface area (Å²) in [6.07, 6.45) is 2.73. The van der Waals surface area contributed by atoms with Crippen molar-refractivity contribution in [2.24, 2.45) is 0 Å². The minimum Gasteiger partial charge on any atom is -0.356 e. The van der Waals surface area contributed by atoms with Gasteiger partial charge in [0.25, 0.3) is 0 Å². The molecule has 0 unspecified atom stereocenters. The van der Waals surface area contributed by atoms with E-state index >= 15 is 0 Å². The summed E-state index contributed by atoms with van der Waals surface area (Å²) >= 11 is 0. The zero-order valence-corrected chi connectivity index (χ0v) is 5.59. The number of hydrogen-bond acceptors (Lipinski definition) is 2. The Morgan fingerprint density at radius 3 is 3.30 bits per heavy atom. The molecule has 2 rings (SSSR count). The first-order valence-electron chi connectivity index (χ1n) is 3.10. The Hall–Kier alpha value is -1.31. The van der Waals surface area contributed by atoms with Crippen molar-refractivity contribution in [2.45, 2.75) is 6.92 Å². The third-order valence-electron chi connectivity index (χ3n) is 1.45. The van der Waals surface area contributed by atoms with Crippen molar-refractivity contribution in [1.82, 2.24) is 5.16 Å². The first-order chi connectivity index (χ1) is 4.86. The Morgan fingerprint density at radius 1 is 1.50 bits per heavy atom. The summed E-state index contributed by atoms with van der Waals surface area (Å²) < 4.78 is 4.89. The highest BCUT2D eigenvalue weighted by Crippen LogP contribution is 2.13. The van der Waals surface area contributed by atoms with Crippen LogP contribution in [-0.4, -0.2) is 5.16 Å². The molecule has 0 aliphatic rings. The molecule has 0 spiro atoms. The predicted molar refractivity (Wildman–Crippen MR) is 37.6 cm³/mol. The molecule has 0 saturated carbocycles. The van der Waals surface area contributed by atoms with Crippen LogP contribution in [0, 0.1) is 13.1 Å². The summed E-state index contributed by atoms with van der Waals surface area (Å²) in [6.45, 7) is 2.02. The Kier molecular flexibility index (Phi) is 1.01. The molecule has 1 aromatic carbocycles. The lowest BCUT2D eigenvalue weighted by Crippen LogP contribution is -1.67. The van der Waals surface area contributed by atoms with Crippen LogP contribution in [-0.2, 0) is 0 Å². The van der Waals surface area contributed by atoms with E-state index in [0.29, 0.717) is 0 Å². The highest BCUT2D eigenvalue weighted by molar-refractivity contribution is 5.75. The number of benzene rings is 1. The van der Waals surface area contributed by atoms with E-state index in [2.05, 4.69) is 11.4 Å². The first-order valence-corrected chi connectivity index (χ1v) is 3.10. The average Bonchev–Trinajstić information content (AvgIpc) is 2.33. The van der Waals surface area contributed by atoms with Crippen molar-refractivity contribution in [3.63, 3.8) is 0 Å². The maximum atomic E-state index is 4.89. The van der Waals surface area contributed by atoms with Crippen LogP contribution in [0.25, 0.3) is 11.0 Å². The van der Waals surface area contributed by atoms with E-state index < -0.39 is 0 Å². The molecule has 10 heavy (non-hydrogen) atoms. The molecule has 2 nitrogen and oxygen atoms in total. The van der Waals surface area contributed by atoms with Gasteiger partial charge in [0, 0.05) is 0 Å². The lowest BCUT2D eigenvalue weighted by Gasteiger charge is -1.87. The summed E-state index contributed by atoms with van der Waals surface area (Å²) in [5, 5.41) is 4.48. The number of nitrogens with zero attached hydrogens (tertiary/aromatic N) is 1. The van der Waals surface area contributed by atoms with Crippen LogP contribution in [0.1, 0.15) is 5.56 Å². The standard InChI is InChI=1S/C8H6NO/c1-6-2-3-7-5-9-10-8(7)4-6/h2-4H,1H3. The monoisotopic (exact) mass is 132 g/mol. The molecule has 2 heteroatoms. The van der Waals surface area contributed by atoms with E-state index in [1.54, 1.807) is 0 Å². The van der Waals surface area contributed by atoms with Gasteiger partial charge in [-0.2, -0.15) is 0 Å². The van der Waals surface area contributed by atoms with Gasteiger partial charge in [-0.25, -0.2) is 0 Å². The molecule has 1 aromatic heterocycles. The Bertz CT molecular complexity index is 351. The topological polar surface area (TPSA) is 26.0 Å². The molecule has 1 heterocycles. The largest absolute Gasteiger partial charge is 0.356 e. The molecule has 0 saturated heterocycles. The summed E-state index contributed by atoms with van der Waals surface area (Å²) in [7, 11) is 0. The van der Waals surface area contributed by atoms with Crippen molar-refractivity contribution in [2.75, 3.05) is 0 Å². The maximum absolute atomic E-state index is 4.89. The quantitative estimate of drug-likeness (QED) is 0.547. The molecule has 0 aliphatic carbocycles. The van der Waals surface area contributed by atoms with Gasteiger partial charge in [-0.3, -0.25) is 0 Å².